The maximum atomic E-state index is 12.6. The van der Waals surface area contributed by atoms with E-state index >= 15 is 0 Å². The van der Waals surface area contributed by atoms with Crippen molar-refractivity contribution in [2.45, 2.75) is 31.7 Å². The van der Waals surface area contributed by atoms with Crippen LogP contribution in [0.15, 0.2) is 41.4 Å². The van der Waals surface area contributed by atoms with E-state index in [0.29, 0.717) is 18.7 Å². The number of nitrogens with one attached hydrogen (secondary N) is 1. The summed E-state index contributed by atoms with van der Waals surface area (Å²) in [6.07, 6.45) is 2.21. The van der Waals surface area contributed by atoms with E-state index in [9.17, 15) is 8.42 Å². The highest BCUT2D eigenvalue weighted by Gasteiger charge is 2.18. The van der Waals surface area contributed by atoms with Crippen molar-refractivity contribution in [1.82, 2.24) is 4.98 Å². The number of sulfonamides is 1. The van der Waals surface area contributed by atoms with E-state index in [2.05, 4.69) is 9.71 Å². The van der Waals surface area contributed by atoms with Gasteiger partial charge in [-0.15, -0.1) is 0 Å². The maximum Gasteiger partial charge on any atom is 0.262 e. The van der Waals surface area contributed by atoms with Crippen LogP contribution in [0.2, 0.25) is 0 Å². The summed E-state index contributed by atoms with van der Waals surface area (Å²) >= 11 is 0. The molecule has 21 heavy (non-hydrogen) atoms. The van der Waals surface area contributed by atoms with Crippen molar-refractivity contribution >= 4 is 15.7 Å². The molecule has 0 bridgehead atoms. The Morgan fingerprint density at radius 1 is 1.24 bits per heavy atom. The van der Waals surface area contributed by atoms with Crippen molar-refractivity contribution in [3.05, 3.63) is 53.3 Å². The van der Waals surface area contributed by atoms with E-state index in [1.54, 1.807) is 24.4 Å². The predicted molar refractivity (Wildman–Crippen MR) is 83.5 cm³/mol. The molecule has 0 unspecified atom stereocenters. The van der Waals surface area contributed by atoms with Crippen LogP contribution in [0.4, 0.5) is 5.69 Å². The zero-order valence-corrected chi connectivity index (χ0v) is 12.9. The van der Waals surface area contributed by atoms with Crippen LogP contribution >= 0.6 is 0 Å². The van der Waals surface area contributed by atoms with Gasteiger partial charge in [-0.1, -0.05) is 19.1 Å². The van der Waals surface area contributed by atoms with Crippen LogP contribution in [-0.2, 0) is 23.0 Å². The lowest BCUT2D eigenvalue weighted by Gasteiger charge is -2.13. The smallest absolute Gasteiger partial charge is 0.262 e. The summed E-state index contributed by atoms with van der Waals surface area (Å²) in [4.78, 5) is 4.33. The first-order chi connectivity index (χ1) is 9.96. The average Bonchev–Trinajstić information content (AvgIpc) is 2.46. The average molecular weight is 305 g/mol. The Labute approximate surface area is 125 Å². The third kappa shape index (κ3) is 3.59. The number of hydrogen-bond acceptors (Lipinski definition) is 4. The third-order valence-corrected chi connectivity index (χ3v) is 4.65. The van der Waals surface area contributed by atoms with Gasteiger partial charge in [-0.05, 0) is 42.7 Å². The number of hydrogen-bond donors (Lipinski definition) is 2. The van der Waals surface area contributed by atoms with Crippen molar-refractivity contribution in [3.8, 4) is 0 Å². The van der Waals surface area contributed by atoms with Gasteiger partial charge in [0.2, 0.25) is 0 Å². The van der Waals surface area contributed by atoms with Gasteiger partial charge in [0.15, 0.2) is 0 Å². The SMILES string of the molecule is CCc1ccc(CN)cc1S(=O)(=O)Nc1ccnc(C)c1. The molecule has 3 N–H and O–H groups in total. The van der Waals surface area contributed by atoms with Crippen LogP contribution in [0.25, 0.3) is 0 Å². The lowest BCUT2D eigenvalue weighted by molar-refractivity contribution is 0.600. The quantitative estimate of drug-likeness (QED) is 0.887. The molecule has 0 aliphatic rings. The molecule has 2 rings (SSSR count). The third-order valence-electron chi connectivity index (χ3n) is 3.19. The van der Waals surface area contributed by atoms with Crippen molar-refractivity contribution in [2.24, 2.45) is 5.73 Å². The van der Waals surface area contributed by atoms with Gasteiger partial charge < -0.3 is 5.73 Å². The first-order valence-electron chi connectivity index (χ1n) is 6.73. The highest BCUT2D eigenvalue weighted by Crippen LogP contribution is 2.22. The number of rotatable bonds is 5. The Balaban J connectivity index is 2.43. The standard InChI is InChI=1S/C15H19N3O2S/c1-3-13-5-4-12(10-16)9-15(13)21(19,20)18-14-6-7-17-11(2)8-14/h4-9H,3,10,16H2,1-2H3,(H,17,18). The fraction of sp³-hybridized carbons (Fsp3) is 0.267. The van der Waals surface area contributed by atoms with Gasteiger partial charge in [-0.2, -0.15) is 0 Å². The molecule has 0 aliphatic carbocycles. The molecular formula is C15H19N3O2S. The Morgan fingerprint density at radius 3 is 2.62 bits per heavy atom. The Hall–Kier alpha value is -1.92. The number of nitrogens with two attached hydrogens (primary N) is 1. The van der Waals surface area contributed by atoms with Crippen molar-refractivity contribution in [1.29, 1.82) is 0 Å². The summed E-state index contributed by atoms with van der Waals surface area (Å²) in [6.45, 7) is 4.04. The maximum absolute atomic E-state index is 12.6. The zero-order chi connectivity index (χ0) is 15.5. The molecule has 5 nitrogen and oxygen atoms in total. The predicted octanol–water partition coefficient (Wildman–Crippen LogP) is 2.21. The Kier molecular flexibility index (Phi) is 4.59. The minimum Gasteiger partial charge on any atom is -0.326 e. The first kappa shape index (κ1) is 15.5. The molecule has 1 heterocycles. The van der Waals surface area contributed by atoms with Gasteiger partial charge in [0.1, 0.15) is 0 Å². The summed E-state index contributed by atoms with van der Waals surface area (Å²) in [5, 5.41) is 0. The summed E-state index contributed by atoms with van der Waals surface area (Å²) in [5.41, 5.74) is 8.42. The van der Waals surface area contributed by atoms with E-state index in [1.165, 1.54) is 0 Å². The molecule has 1 aromatic carbocycles. The van der Waals surface area contributed by atoms with Crippen LogP contribution < -0.4 is 10.5 Å². The van der Waals surface area contributed by atoms with Gasteiger partial charge in [0, 0.05) is 18.4 Å². The monoisotopic (exact) mass is 305 g/mol. The van der Waals surface area contributed by atoms with E-state index < -0.39 is 10.0 Å². The molecule has 0 saturated heterocycles. The Bertz CT molecular complexity index is 742. The largest absolute Gasteiger partial charge is 0.326 e. The van der Waals surface area contributed by atoms with Crippen LogP contribution in [0.5, 0.6) is 0 Å². The van der Waals surface area contributed by atoms with Crippen molar-refractivity contribution < 1.29 is 8.42 Å². The molecule has 0 radical (unpaired) electrons. The molecule has 0 atom stereocenters. The minimum atomic E-state index is -3.64. The van der Waals surface area contributed by atoms with Crippen LogP contribution in [0.1, 0.15) is 23.7 Å². The Morgan fingerprint density at radius 2 is 2.00 bits per heavy atom. The van der Waals surface area contributed by atoms with Gasteiger partial charge in [0.25, 0.3) is 10.0 Å². The number of nitrogens with zero attached hydrogens (tertiary/aromatic N) is 1. The normalized spacial score (nSPS) is 11.4. The molecule has 112 valence electrons. The van der Waals surface area contributed by atoms with E-state index in [-0.39, 0.29) is 4.90 Å². The molecule has 0 spiro atoms. The lowest BCUT2D eigenvalue weighted by Crippen LogP contribution is -2.16. The van der Waals surface area contributed by atoms with Gasteiger partial charge in [0.05, 0.1) is 10.6 Å². The fourth-order valence-electron chi connectivity index (χ4n) is 2.09. The van der Waals surface area contributed by atoms with Crippen LogP contribution in [0, 0.1) is 6.92 Å². The second kappa shape index (κ2) is 6.24. The first-order valence-corrected chi connectivity index (χ1v) is 8.22. The van der Waals surface area contributed by atoms with Gasteiger partial charge >= 0.3 is 0 Å². The summed E-state index contributed by atoms with van der Waals surface area (Å²) < 4.78 is 27.8. The minimum absolute atomic E-state index is 0.280. The highest BCUT2D eigenvalue weighted by atomic mass is 32.2. The molecule has 6 heteroatoms. The van der Waals surface area contributed by atoms with Crippen molar-refractivity contribution in [2.75, 3.05) is 4.72 Å². The van der Waals surface area contributed by atoms with E-state index in [1.807, 2.05) is 26.0 Å². The molecular weight excluding hydrogens is 286 g/mol. The molecule has 0 fully saturated rings. The van der Waals surface area contributed by atoms with Crippen LogP contribution in [-0.4, -0.2) is 13.4 Å². The molecule has 0 aliphatic heterocycles. The van der Waals surface area contributed by atoms with Crippen LogP contribution in [0.3, 0.4) is 0 Å². The summed E-state index contributed by atoms with van der Waals surface area (Å²) in [6, 6.07) is 8.62. The number of pyridine rings is 1. The fourth-order valence-corrected chi connectivity index (χ4v) is 3.50. The highest BCUT2D eigenvalue weighted by molar-refractivity contribution is 7.92. The van der Waals surface area contributed by atoms with E-state index in [0.717, 1.165) is 16.8 Å². The number of benzene rings is 1. The topological polar surface area (TPSA) is 85.1 Å². The second-order valence-corrected chi connectivity index (χ2v) is 6.44. The summed E-state index contributed by atoms with van der Waals surface area (Å²) in [7, 11) is -3.64. The molecule has 0 saturated carbocycles. The molecule has 0 amide bonds. The second-order valence-electron chi connectivity index (χ2n) is 4.79. The molecule has 1 aromatic heterocycles. The van der Waals surface area contributed by atoms with Gasteiger partial charge in [-0.3, -0.25) is 9.71 Å². The zero-order valence-electron chi connectivity index (χ0n) is 12.1. The van der Waals surface area contributed by atoms with Crippen molar-refractivity contribution in [3.63, 3.8) is 0 Å². The number of anilines is 1. The van der Waals surface area contributed by atoms with Gasteiger partial charge in [-0.25, -0.2) is 8.42 Å². The summed E-state index contributed by atoms with van der Waals surface area (Å²) in [5.74, 6) is 0. The number of aryl methyl sites for hydroxylation is 2. The van der Waals surface area contributed by atoms with E-state index in [4.69, 9.17) is 5.73 Å². The lowest BCUT2D eigenvalue weighted by atomic mass is 10.1. The molecule has 2 aromatic rings. The number of aromatic nitrogens is 1.